The molecule has 0 fully saturated rings. The number of nitrogens with zero attached hydrogens (tertiary/aromatic N) is 3. The van der Waals surface area contributed by atoms with Crippen molar-refractivity contribution in [1.82, 2.24) is 14.9 Å². The molecule has 1 aromatic heterocycles. The Hall–Kier alpha value is -3.75. The van der Waals surface area contributed by atoms with Crippen LogP contribution >= 0.6 is 15.9 Å². The number of amides is 1. The molecule has 7 nitrogen and oxygen atoms in total. The average molecular weight is 531 g/mol. The number of hydrogen-bond donors (Lipinski definition) is 3. The lowest BCUT2D eigenvalue weighted by Gasteiger charge is -2.12. The summed E-state index contributed by atoms with van der Waals surface area (Å²) in [5.41, 5.74) is 3.39. The minimum absolute atomic E-state index is 0.174. The first-order valence-corrected chi connectivity index (χ1v) is 11.9. The van der Waals surface area contributed by atoms with Crippen molar-refractivity contribution in [3.63, 3.8) is 0 Å². The van der Waals surface area contributed by atoms with E-state index in [0.29, 0.717) is 24.0 Å². The summed E-state index contributed by atoms with van der Waals surface area (Å²) in [7, 11) is 3.90. The van der Waals surface area contributed by atoms with E-state index >= 15 is 0 Å². The van der Waals surface area contributed by atoms with Crippen LogP contribution in [0.4, 0.5) is 28.8 Å². The van der Waals surface area contributed by atoms with Crippen LogP contribution < -0.4 is 16.0 Å². The Kier molecular flexibility index (Phi) is 7.74. The highest BCUT2D eigenvalue weighted by Gasteiger charge is 2.07. The summed E-state index contributed by atoms with van der Waals surface area (Å²) in [5.74, 6) is 0.938. The maximum Gasteiger partial charge on any atom is 0.248 e. The van der Waals surface area contributed by atoms with Crippen LogP contribution in [0.1, 0.15) is 5.56 Å². The van der Waals surface area contributed by atoms with E-state index in [4.69, 9.17) is 0 Å². The maximum absolute atomic E-state index is 12.2. The molecule has 8 heteroatoms. The lowest BCUT2D eigenvalue weighted by atomic mass is 10.1. The SMILES string of the molecule is Cc1cc(NC(=O)/C=C/CN(C)C)cc(Nc2nccc(Nc3cc(Br)c4ccccc4c3)n2)c1. The van der Waals surface area contributed by atoms with Crippen LogP contribution in [0.25, 0.3) is 10.8 Å². The number of hydrogen-bond acceptors (Lipinski definition) is 6. The summed E-state index contributed by atoms with van der Waals surface area (Å²) in [6.45, 7) is 2.67. The highest BCUT2D eigenvalue weighted by Crippen LogP contribution is 2.29. The topological polar surface area (TPSA) is 82.2 Å². The predicted molar refractivity (Wildman–Crippen MR) is 148 cm³/mol. The van der Waals surface area contributed by atoms with Gasteiger partial charge in [-0.1, -0.05) is 46.3 Å². The predicted octanol–water partition coefficient (Wildman–Crippen LogP) is 6.24. The number of rotatable bonds is 8. The van der Waals surface area contributed by atoms with Gasteiger partial charge in [-0.2, -0.15) is 4.98 Å². The standard InChI is InChI=1S/C27H27BrN6O/c1-18-13-20(31-26(35)9-6-12-34(2)3)16-21(14-18)32-27-29-11-10-25(33-27)30-22-15-19-7-4-5-8-23(19)24(28)17-22/h4-11,13-17H,12H2,1-3H3,(H,31,35)(H2,29,30,32,33)/b9-6+. The number of benzene rings is 3. The molecule has 178 valence electrons. The van der Waals surface area contributed by atoms with Gasteiger partial charge in [0.05, 0.1) is 0 Å². The lowest BCUT2D eigenvalue weighted by molar-refractivity contribution is -0.111. The third-order valence-corrected chi connectivity index (χ3v) is 5.74. The summed E-state index contributed by atoms with van der Waals surface area (Å²) >= 11 is 3.65. The van der Waals surface area contributed by atoms with Gasteiger partial charge in [-0.25, -0.2) is 4.98 Å². The van der Waals surface area contributed by atoms with Gasteiger partial charge in [-0.05, 0) is 73.8 Å². The van der Waals surface area contributed by atoms with Crippen LogP contribution in [0.3, 0.4) is 0 Å². The first-order chi connectivity index (χ1) is 16.9. The van der Waals surface area contributed by atoms with Crippen molar-refractivity contribution in [2.45, 2.75) is 6.92 Å². The molecule has 0 bridgehead atoms. The fraction of sp³-hybridized carbons (Fsp3) is 0.148. The van der Waals surface area contributed by atoms with Crippen molar-refractivity contribution in [3.8, 4) is 0 Å². The number of carbonyl (C=O) groups is 1. The Balaban J connectivity index is 1.48. The number of halogens is 1. The summed E-state index contributed by atoms with van der Waals surface area (Å²) in [4.78, 5) is 23.2. The zero-order valence-corrected chi connectivity index (χ0v) is 21.4. The van der Waals surface area contributed by atoms with Gasteiger partial charge in [0.15, 0.2) is 0 Å². The molecule has 4 aromatic rings. The third kappa shape index (κ3) is 6.88. The molecule has 0 atom stereocenters. The van der Waals surface area contributed by atoms with Gasteiger partial charge in [0.25, 0.3) is 0 Å². The molecular formula is C27H27BrN6O. The largest absolute Gasteiger partial charge is 0.340 e. The zero-order valence-electron chi connectivity index (χ0n) is 19.8. The van der Waals surface area contributed by atoms with Crippen molar-refractivity contribution in [2.24, 2.45) is 0 Å². The average Bonchev–Trinajstić information content (AvgIpc) is 2.78. The first-order valence-electron chi connectivity index (χ1n) is 11.1. The Morgan fingerprint density at radius 3 is 2.60 bits per heavy atom. The Morgan fingerprint density at radius 1 is 1.00 bits per heavy atom. The number of carbonyl (C=O) groups excluding carboxylic acids is 1. The second-order valence-corrected chi connectivity index (χ2v) is 9.29. The van der Waals surface area contributed by atoms with Crippen molar-refractivity contribution in [2.75, 3.05) is 36.6 Å². The third-order valence-electron chi connectivity index (χ3n) is 5.08. The fourth-order valence-electron chi connectivity index (χ4n) is 3.58. The van der Waals surface area contributed by atoms with Gasteiger partial charge in [0, 0.05) is 40.4 Å². The molecule has 0 spiro atoms. The van der Waals surface area contributed by atoms with Crippen molar-refractivity contribution in [3.05, 3.63) is 89.0 Å². The summed E-state index contributed by atoms with van der Waals surface area (Å²) in [6, 6.07) is 19.9. The molecule has 35 heavy (non-hydrogen) atoms. The van der Waals surface area contributed by atoms with E-state index in [-0.39, 0.29) is 5.91 Å². The molecule has 0 radical (unpaired) electrons. The number of aromatic nitrogens is 2. The summed E-state index contributed by atoms with van der Waals surface area (Å²) in [6.07, 6.45) is 5.06. The highest BCUT2D eigenvalue weighted by molar-refractivity contribution is 9.10. The highest BCUT2D eigenvalue weighted by atomic mass is 79.9. The monoisotopic (exact) mass is 530 g/mol. The number of nitrogens with one attached hydrogen (secondary N) is 3. The molecular weight excluding hydrogens is 504 g/mol. The van der Waals surface area contributed by atoms with Gasteiger partial charge >= 0.3 is 0 Å². The number of fused-ring (bicyclic) bond motifs is 1. The molecule has 0 unspecified atom stereocenters. The van der Waals surface area contributed by atoms with E-state index in [1.807, 2.05) is 74.5 Å². The number of aryl methyl sites for hydroxylation is 1. The van der Waals surface area contributed by atoms with Crippen LogP contribution in [-0.2, 0) is 4.79 Å². The van der Waals surface area contributed by atoms with Crippen molar-refractivity contribution < 1.29 is 4.79 Å². The van der Waals surface area contributed by atoms with Crippen molar-refractivity contribution >= 4 is 61.4 Å². The molecule has 0 aliphatic heterocycles. The van der Waals surface area contributed by atoms with E-state index < -0.39 is 0 Å². The van der Waals surface area contributed by atoms with Crippen LogP contribution in [0.15, 0.2) is 83.5 Å². The Bertz CT molecular complexity index is 1390. The van der Waals surface area contributed by atoms with Gasteiger partial charge in [0.2, 0.25) is 11.9 Å². The van der Waals surface area contributed by atoms with Crippen molar-refractivity contribution in [1.29, 1.82) is 0 Å². The maximum atomic E-state index is 12.2. The molecule has 1 heterocycles. The van der Waals surface area contributed by atoms with Gasteiger partial charge in [-0.3, -0.25) is 4.79 Å². The summed E-state index contributed by atoms with van der Waals surface area (Å²) in [5, 5.41) is 11.8. The number of anilines is 5. The van der Waals surface area contributed by atoms with E-state index in [9.17, 15) is 4.79 Å². The van der Waals surface area contributed by atoms with Crippen LogP contribution in [0, 0.1) is 6.92 Å². The minimum atomic E-state index is -0.174. The molecule has 0 aliphatic carbocycles. The quantitative estimate of drug-likeness (QED) is 0.234. The van der Waals surface area contributed by atoms with E-state index in [1.54, 1.807) is 12.3 Å². The number of likely N-dealkylation sites (N-methyl/N-ethyl adjacent to an activating group) is 1. The first kappa shape index (κ1) is 24.4. The van der Waals surface area contributed by atoms with E-state index in [1.165, 1.54) is 0 Å². The van der Waals surface area contributed by atoms with Crippen LogP contribution in [0.2, 0.25) is 0 Å². The molecule has 3 N–H and O–H groups in total. The minimum Gasteiger partial charge on any atom is -0.340 e. The van der Waals surface area contributed by atoms with Crippen LogP contribution in [0.5, 0.6) is 0 Å². The van der Waals surface area contributed by atoms with Gasteiger partial charge < -0.3 is 20.9 Å². The normalized spacial score (nSPS) is 11.2. The van der Waals surface area contributed by atoms with Gasteiger partial charge in [-0.15, -0.1) is 0 Å². The molecule has 0 saturated heterocycles. The van der Waals surface area contributed by atoms with Gasteiger partial charge in [0.1, 0.15) is 5.82 Å². The summed E-state index contributed by atoms with van der Waals surface area (Å²) < 4.78 is 1.01. The molecule has 4 rings (SSSR count). The fourth-order valence-corrected chi connectivity index (χ4v) is 4.19. The zero-order chi connectivity index (χ0) is 24.8. The second kappa shape index (κ2) is 11.1. The molecule has 3 aromatic carbocycles. The lowest BCUT2D eigenvalue weighted by Crippen LogP contribution is -2.13. The Morgan fingerprint density at radius 2 is 1.77 bits per heavy atom. The molecule has 0 saturated carbocycles. The molecule has 1 amide bonds. The smallest absolute Gasteiger partial charge is 0.248 e. The molecule has 0 aliphatic rings. The Labute approximate surface area is 213 Å². The van der Waals surface area contributed by atoms with E-state index in [0.717, 1.165) is 32.2 Å². The second-order valence-electron chi connectivity index (χ2n) is 8.44. The van der Waals surface area contributed by atoms with E-state index in [2.05, 4.69) is 60.0 Å². The van der Waals surface area contributed by atoms with Crippen LogP contribution in [-0.4, -0.2) is 41.4 Å².